The van der Waals surface area contributed by atoms with Gasteiger partial charge in [0.25, 0.3) is 10.2 Å². The van der Waals surface area contributed by atoms with Gasteiger partial charge in [-0.05, 0) is 13.3 Å². The van der Waals surface area contributed by atoms with E-state index in [0.29, 0.717) is 55.7 Å². The quantitative estimate of drug-likeness (QED) is 0.460. The highest BCUT2D eigenvalue weighted by atomic mass is 32.2. The molecule has 5 rings (SSSR count). The normalized spacial score (nSPS) is 26.1. The number of ether oxygens (including phenoxy) is 1. The van der Waals surface area contributed by atoms with Crippen molar-refractivity contribution in [2.45, 2.75) is 31.5 Å². The minimum absolute atomic E-state index is 0.0492. The summed E-state index contributed by atoms with van der Waals surface area (Å²) in [7, 11) is -3.90. The fraction of sp³-hybridized carbons (Fsp3) is 0.579. The van der Waals surface area contributed by atoms with Crippen LogP contribution in [0.1, 0.15) is 12.5 Å². The Balaban J connectivity index is 1.58. The molecule has 0 unspecified atom stereocenters. The lowest BCUT2D eigenvalue weighted by atomic mass is 10.1. The lowest BCUT2D eigenvalue weighted by Crippen LogP contribution is -2.45. The van der Waals surface area contributed by atoms with Crippen LogP contribution in [0.4, 0.5) is 17.7 Å². The van der Waals surface area contributed by atoms with Gasteiger partial charge in [-0.2, -0.15) is 17.7 Å². The van der Waals surface area contributed by atoms with Crippen LogP contribution in [0.2, 0.25) is 0 Å². The van der Waals surface area contributed by atoms with Crippen molar-refractivity contribution >= 4 is 27.9 Å². The summed E-state index contributed by atoms with van der Waals surface area (Å²) in [5.41, 5.74) is 7.99. The third kappa shape index (κ3) is 4.08. The molecule has 0 bridgehead atoms. The van der Waals surface area contributed by atoms with Crippen molar-refractivity contribution in [1.29, 1.82) is 0 Å². The number of aromatic nitrogens is 4. The van der Waals surface area contributed by atoms with E-state index in [1.807, 2.05) is 11.8 Å². The van der Waals surface area contributed by atoms with Crippen LogP contribution in [0.3, 0.4) is 0 Å². The summed E-state index contributed by atoms with van der Waals surface area (Å²) in [5, 5.41) is 16.0. The molecule has 2 aromatic rings. The van der Waals surface area contributed by atoms with Crippen LogP contribution in [-0.4, -0.2) is 95.3 Å². The zero-order chi connectivity index (χ0) is 23.3. The van der Waals surface area contributed by atoms with Gasteiger partial charge in [0.2, 0.25) is 11.9 Å². The van der Waals surface area contributed by atoms with Crippen LogP contribution < -0.4 is 20.7 Å². The number of nitrogen functional groups attached to an aromatic ring is 1. The van der Waals surface area contributed by atoms with Gasteiger partial charge in [0.1, 0.15) is 5.82 Å². The molecule has 2 fully saturated rings. The van der Waals surface area contributed by atoms with Crippen LogP contribution in [0.15, 0.2) is 12.4 Å². The third-order valence-electron chi connectivity index (χ3n) is 6.40. The molecule has 178 valence electrons. The van der Waals surface area contributed by atoms with Crippen LogP contribution in [-0.2, 0) is 21.4 Å². The molecule has 13 nitrogen and oxygen atoms in total. The van der Waals surface area contributed by atoms with E-state index in [0.717, 1.165) is 9.87 Å². The monoisotopic (exact) mass is 477 g/mol. The largest absolute Gasteiger partial charge is 0.390 e. The molecule has 3 aliphatic rings. The molecular weight excluding hydrogens is 450 g/mol. The Morgan fingerprint density at radius 1 is 1.15 bits per heavy atom. The maximum Gasteiger partial charge on any atom is 0.277 e. The van der Waals surface area contributed by atoms with E-state index in [1.165, 1.54) is 0 Å². The topological polar surface area (TPSA) is 177 Å². The van der Waals surface area contributed by atoms with Crippen molar-refractivity contribution in [1.82, 2.24) is 24.2 Å². The van der Waals surface area contributed by atoms with Crippen LogP contribution in [0.25, 0.3) is 11.3 Å². The Morgan fingerprint density at radius 2 is 1.91 bits per heavy atom. The lowest BCUT2D eigenvalue weighted by molar-refractivity contribution is 0.0981. The van der Waals surface area contributed by atoms with E-state index >= 15 is 0 Å². The molecule has 0 amide bonds. The standard InChI is InChI=1S/C19H27N9O4S/c1-11-10-32-5-4-27(11)19-24-16(12-6-22-18(20)23-7-12)13-2-3-28(17(13)25-19)14-8-26(9-15(14)29)33(21,30)31/h6-7,11,14-15,29H,2-5,8-10H2,1H3,(H2,20,22,23)(H2,21,30,31)/t11-,14+,15+/m0/s1. The SMILES string of the molecule is C[C@H]1COCCN1c1nc(-c2cnc(N)nc2)c2c(n1)N([C@@H]1CN(S(N)(=O)=O)C[C@H]1O)CC2. The summed E-state index contributed by atoms with van der Waals surface area (Å²) in [6.07, 6.45) is 3.01. The Kier molecular flexibility index (Phi) is 5.56. The van der Waals surface area contributed by atoms with Crippen molar-refractivity contribution in [2.75, 3.05) is 54.9 Å². The van der Waals surface area contributed by atoms with Crippen LogP contribution >= 0.6 is 0 Å². The smallest absolute Gasteiger partial charge is 0.277 e. The second kappa shape index (κ2) is 8.29. The van der Waals surface area contributed by atoms with Gasteiger partial charge >= 0.3 is 0 Å². The summed E-state index contributed by atoms with van der Waals surface area (Å²) in [6.45, 7) is 4.43. The second-order valence-electron chi connectivity index (χ2n) is 8.56. The number of aliphatic hydroxyl groups is 1. The maximum atomic E-state index is 11.9. The highest BCUT2D eigenvalue weighted by Gasteiger charge is 2.43. The van der Waals surface area contributed by atoms with E-state index in [4.69, 9.17) is 25.6 Å². The summed E-state index contributed by atoms with van der Waals surface area (Å²) >= 11 is 0. The molecule has 0 radical (unpaired) electrons. The number of aliphatic hydroxyl groups excluding tert-OH is 1. The van der Waals surface area contributed by atoms with Gasteiger partial charge in [0.15, 0.2) is 0 Å². The molecule has 2 saturated heterocycles. The highest BCUT2D eigenvalue weighted by molar-refractivity contribution is 7.86. The molecule has 5 heterocycles. The van der Waals surface area contributed by atoms with Crippen molar-refractivity contribution in [3.8, 4) is 11.3 Å². The lowest BCUT2D eigenvalue weighted by Gasteiger charge is -2.34. The molecule has 3 aliphatic heterocycles. The first-order valence-electron chi connectivity index (χ1n) is 10.8. The van der Waals surface area contributed by atoms with E-state index in [9.17, 15) is 13.5 Å². The number of hydrogen-bond acceptors (Lipinski definition) is 11. The van der Waals surface area contributed by atoms with Crippen molar-refractivity contribution in [2.24, 2.45) is 5.14 Å². The fourth-order valence-corrected chi connectivity index (χ4v) is 5.41. The summed E-state index contributed by atoms with van der Waals surface area (Å²) < 4.78 is 30.4. The highest BCUT2D eigenvalue weighted by Crippen LogP contribution is 2.38. The van der Waals surface area contributed by atoms with Gasteiger partial charge in [-0.3, -0.25) is 0 Å². The Hall–Kier alpha value is -2.65. The number of morpholine rings is 1. The van der Waals surface area contributed by atoms with Gasteiger partial charge in [0.05, 0.1) is 37.1 Å². The van der Waals surface area contributed by atoms with E-state index < -0.39 is 22.4 Å². The zero-order valence-electron chi connectivity index (χ0n) is 18.2. The van der Waals surface area contributed by atoms with Crippen LogP contribution in [0, 0.1) is 0 Å². The van der Waals surface area contributed by atoms with E-state index in [2.05, 4.69) is 14.9 Å². The average molecular weight is 478 g/mol. The third-order valence-corrected chi connectivity index (χ3v) is 7.42. The van der Waals surface area contributed by atoms with E-state index in [-0.39, 0.29) is 25.1 Å². The average Bonchev–Trinajstić information content (AvgIpc) is 3.37. The van der Waals surface area contributed by atoms with Gasteiger partial charge in [0, 0.05) is 49.7 Å². The fourth-order valence-electron chi connectivity index (χ4n) is 4.69. The molecule has 0 saturated carbocycles. The first kappa shape index (κ1) is 22.2. The Labute approximate surface area is 191 Å². The molecule has 0 aromatic carbocycles. The molecule has 14 heteroatoms. The second-order valence-corrected chi connectivity index (χ2v) is 10.1. The predicted molar refractivity (Wildman–Crippen MR) is 121 cm³/mol. The molecular formula is C19H27N9O4S. The number of β-amino-alcohol motifs (C(OH)–C–C–N with tert-alkyl or cyclic N) is 1. The van der Waals surface area contributed by atoms with Gasteiger partial charge < -0.3 is 25.4 Å². The number of rotatable bonds is 4. The van der Waals surface area contributed by atoms with E-state index in [1.54, 1.807) is 12.4 Å². The number of fused-ring (bicyclic) bond motifs is 1. The molecule has 3 atom stereocenters. The number of hydrogen-bond donors (Lipinski definition) is 3. The minimum atomic E-state index is -3.90. The van der Waals surface area contributed by atoms with Gasteiger partial charge in [-0.25, -0.2) is 20.1 Å². The van der Waals surface area contributed by atoms with Gasteiger partial charge in [-0.1, -0.05) is 0 Å². The first-order chi connectivity index (χ1) is 15.7. The predicted octanol–water partition coefficient (Wildman–Crippen LogP) is -1.65. The van der Waals surface area contributed by atoms with Gasteiger partial charge in [-0.15, -0.1) is 0 Å². The Bertz CT molecular complexity index is 1150. The molecule has 2 aromatic heterocycles. The summed E-state index contributed by atoms with van der Waals surface area (Å²) in [4.78, 5) is 22.0. The van der Waals surface area contributed by atoms with Crippen molar-refractivity contribution in [3.05, 3.63) is 18.0 Å². The molecule has 33 heavy (non-hydrogen) atoms. The summed E-state index contributed by atoms with van der Waals surface area (Å²) in [5.74, 6) is 1.38. The zero-order valence-corrected chi connectivity index (χ0v) is 19.0. The molecule has 5 N–H and O–H groups in total. The first-order valence-corrected chi connectivity index (χ1v) is 12.3. The number of anilines is 3. The van der Waals surface area contributed by atoms with Crippen molar-refractivity contribution < 1.29 is 18.3 Å². The number of nitrogens with zero attached hydrogens (tertiary/aromatic N) is 7. The van der Waals surface area contributed by atoms with Crippen molar-refractivity contribution in [3.63, 3.8) is 0 Å². The summed E-state index contributed by atoms with van der Waals surface area (Å²) in [6, 6.07) is -0.387. The number of nitrogens with two attached hydrogens (primary N) is 2. The van der Waals surface area contributed by atoms with Crippen LogP contribution in [0.5, 0.6) is 0 Å². The Morgan fingerprint density at radius 3 is 2.58 bits per heavy atom. The molecule has 0 spiro atoms. The molecule has 0 aliphatic carbocycles. The minimum Gasteiger partial charge on any atom is -0.390 e. The maximum absolute atomic E-state index is 11.9.